The molecular formula is C29H33ClFN7O2. The zero-order valence-electron chi connectivity index (χ0n) is 22.7. The third kappa shape index (κ3) is 6.19. The monoisotopic (exact) mass is 565 g/mol. The first-order chi connectivity index (χ1) is 19.4. The molecule has 5 rings (SSSR count). The molecular weight excluding hydrogens is 533 g/mol. The first-order valence-electron chi connectivity index (χ1n) is 13.1. The molecule has 0 saturated carbocycles. The van der Waals surface area contributed by atoms with E-state index < -0.39 is 5.82 Å². The fourth-order valence-electron chi connectivity index (χ4n) is 4.55. The van der Waals surface area contributed by atoms with Crippen LogP contribution in [0, 0.1) is 10.7 Å². The van der Waals surface area contributed by atoms with Crippen molar-refractivity contribution >= 4 is 33.9 Å². The number of piperazine rings is 1. The second-order valence-electron chi connectivity index (χ2n) is 9.32. The van der Waals surface area contributed by atoms with Crippen molar-refractivity contribution in [2.24, 2.45) is 5.29 Å². The number of halogens is 2. The second-order valence-corrected chi connectivity index (χ2v) is 9.72. The van der Waals surface area contributed by atoms with Crippen LogP contribution in [0.1, 0.15) is 20.3 Å². The number of aromatic amines is 1. The van der Waals surface area contributed by atoms with Crippen LogP contribution < -0.4 is 20.5 Å². The quantitative estimate of drug-likeness (QED) is 0.152. The van der Waals surface area contributed by atoms with Gasteiger partial charge < -0.3 is 20.6 Å². The summed E-state index contributed by atoms with van der Waals surface area (Å²) in [5.74, 6) is -0.597. The van der Waals surface area contributed by atoms with Crippen molar-refractivity contribution in [3.8, 4) is 28.0 Å². The molecule has 0 atom stereocenters. The molecule has 210 valence electrons. The average Bonchev–Trinajstić information content (AvgIpc) is 3.44. The molecule has 11 heteroatoms. The highest BCUT2D eigenvalue weighted by Gasteiger charge is 2.20. The lowest BCUT2D eigenvalue weighted by Crippen LogP contribution is -2.43. The summed E-state index contributed by atoms with van der Waals surface area (Å²) in [6.07, 6.45) is 5.98. The Morgan fingerprint density at radius 1 is 1.15 bits per heavy atom. The van der Waals surface area contributed by atoms with Gasteiger partial charge >= 0.3 is 0 Å². The van der Waals surface area contributed by atoms with Crippen LogP contribution in [0.5, 0.6) is 5.75 Å². The highest BCUT2D eigenvalue weighted by Crippen LogP contribution is 2.43. The molecule has 0 aliphatic carbocycles. The van der Waals surface area contributed by atoms with Gasteiger partial charge in [-0.1, -0.05) is 37.9 Å². The number of nitroso groups, excluding NO2 is 1. The van der Waals surface area contributed by atoms with Crippen molar-refractivity contribution in [3.05, 3.63) is 76.8 Å². The molecule has 3 aromatic carbocycles. The number of hydrogen-bond donors (Lipinski definition) is 4. The molecule has 40 heavy (non-hydrogen) atoms. The van der Waals surface area contributed by atoms with Gasteiger partial charge in [-0.05, 0) is 47.5 Å². The largest absolute Gasteiger partial charge is 0.507 e. The van der Waals surface area contributed by atoms with Gasteiger partial charge in [0.25, 0.3) is 0 Å². The number of rotatable bonds is 7. The number of hydrogen-bond acceptors (Lipinski definition) is 7. The van der Waals surface area contributed by atoms with Crippen LogP contribution in [0.3, 0.4) is 0 Å². The van der Waals surface area contributed by atoms with E-state index in [1.165, 1.54) is 31.0 Å². The zero-order valence-corrected chi connectivity index (χ0v) is 23.5. The topological polar surface area (TPSA) is 109 Å². The van der Waals surface area contributed by atoms with Gasteiger partial charge in [-0.3, -0.25) is 5.10 Å². The number of fused-ring (bicyclic) bond motifs is 1. The maximum absolute atomic E-state index is 14.9. The molecule has 0 unspecified atom stereocenters. The Balaban J connectivity index is 0.00000118. The van der Waals surface area contributed by atoms with Crippen LogP contribution >= 0.6 is 11.6 Å². The number of anilines is 2. The Kier molecular flexibility index (Phi) is 9.57. The fraction of sp³-hybridized carbons (Fsp3) is 0.276. The van der Waals surface area contributed by atoms with Gasteiger partial charge in [0.05, 0.1) is 27.7 Å². The number of benzene rings is 3. The SMILES string of the molecule is CCC.CN/C=C\N(N=O)c1ccc(-c2cc(F)cc(-c3cc(N4CCNCC4)c4cn[nH]c4c3)c2O)cc1Cl. The Labute approximate surface area is 237 Å². The summed E-state index contributed by atoms with van der Waals surface area (Å²) >= 11 is 6.45. The zero-order chi connectivity index (χ0) is 28.6. The van der Waals surface area contributed by atoms with Gasteiger partial charge in [-0.15, -0.1) is 4.91 Å². The smallest absolute Gasteiger partial charge is 0.131 e. The van der Waals surface area contributed by atoms with Gasteiger partial charge in [0.15, 0.2) is 0 Å². The van der Waals surface area contributed by atoms with Crippen LogP contribution in [0.2, 0.25) is 5.02 Å². The number of phenolic OH excluding ortho intramolecular Hbond substituents is 1. The van der Waals surface area contributed by atoms with Gasteiger partial charge in [0.1, 0.15) is 11.6 Å². The molecule has 9 nitrogen and oxygen atoms in total. The van der Waals surface area contributed by atoms with Gasteiger partial charge in [0, 0.05) is 67.8 Å². The molecule has 0 spiro atoms. The number of aromatic hydroxyl groups is 1. The van der Waals surface area contributed by atoms with Crippen LogP contribution in [-0.4, -0.2) is 48.5 Å². The first-order valence-corrected chi connectivity index (χ1v) is 13.5. The van der Waals surface area contributed by atoms with Crippen molar-refractivity contribution in [1.29, 1.82) is 0 Å². The van der Waals surface area contributed by atoms with E-state index in [1.807, 2.05) is 12.1 Å². The normalized spacial score (nSPS) is 13.3. The minimum Gasteiger partial charge on any atom is -0.507 e. The summed E-state index contributed by atoms with van der Waals surface area (Å²) in [6, 6.07) is 11.2. The van der Waals surface area contributed by atoms with E-state index in [-0.39, 0.29) is 16.3 Å². The number of nitrogens with zero attached hydrogens (tertiary/aromatic N) is 4. The molecule has 1 aliphatic heterocycles. The summed E-state index contributed by atoms with van der Waals surface area (Å²) in [6.45, 7) is 7.62. The summed E-state index contributed by atoms with van der Waals surface area (Å²) in [5, 5.41) is 29.8. The van der Waals surface area contributed by atoms with Crippen molar-refractivity contribution in [1.82, 2.24) is 20.8 Å². The second kappa shape index (κ2) is 13.3. The minimum absolute atomic E-state index is 0.0872. The standard InChI is InChI=1S/C26H25ClFN7O2.C3H8/c1-29-4-9-35(33-37)24-3-2-16(10-22(24)27)19-13-18(28)14-20(26(19)36)17-11-23-21(15-31-32-23)25(12-17)34-7-5-30-6-8-34;1-3-2/h2-4,9-15,29-30,36H,5-8H2,1H3,(H,31,32);3H2,1-2H3/b9-4-;. The maximum atomic E-state index is 14.9. The maximum Gasteiger partial charge on any atom is 0.131 e. The van der Waals surface area contributed by atoms with Gasteiger partial charge in [-0.2, -0.15) is 5.10 Å². The molecule has 2 heterocycles. The first kappa shape index (κ1) is 28.8. The lowest BCUT2D eigenvalue weighted by molar-refractivity contribution is 0.477. The number of aromatic nitrogens is 2. The number of H-pyrrole nitrogens is 1. The predicted octanol–water partition coefficient (Wildman–Crippen LogP) is 6.40. The van der Waals surface area contributed by atoms with Crippen LogP contribution in [0.25, 0.3) is 33.2 Å². The number of nitrogens with one attached hydrogen (secondary N) is 3. The minimum atomic E-state index is -0.510. The van der Waals surface area contributed by atoms with Crippen LogP contribution in [0.15, 0.2) is 66.3 Å². The Morgan fingerprint density at radius 3 is 2.50 bits per heavy atom. The summed E-state index contributed by atoms with van der Waals surface area (Å²) in [4.78, 5) is 13.5. The Hall–Kier alpha value is -4.15. The van der Waals surface area contributed by atoms with Crippen LogP contribution in [-0.2, 0) is 0 Å². The predicted molar refractivity (Wildman–Crippen MR) is 161 cm³/mol. The summed E-state index contributed by atoms with van der Waals surface area (Å²) < 4.78 is 14.9. The molecule has 1 fully saturated rings. The molecule has 1 aliphatic rings. The van der Waals surface area contributed by atoms with E-state index in [0.29, 0.717) is 22.4 Å². The summed E-state index contributed by atoms with van der Waals surface area (Å²) in [7, 11) is 1.69. The van der Waals surface area contributed by atoms with Crippen LogP contribution in [0.4, 0.5) is 15.8 Å². The molecule has 0 bridgehead atoms. The molecule has 1 aromatic heterocycles. The Morgan fingerprint density at radius 2 is 1.85 bits per heavy atom. The van der Waals surface area contributed by atoms with E-state index >= 15 is 0 Å². The third-order valence-electron chi connectivity index (χ3n) is 6.36. The highest BCUT2D eigenvalue weighted by atomic mass is 35.5. The lowest BCUT2D eigenvalue weighted by Gasteiger charge is -2.30. The van der Waals surface area contributed by atoms with E-state index in [0.717, 1.165) is 47.8 Å². The van der Waals surface area contributed by atoms with E-state index in [1.54, 1.807) is 31.4 Å². The van der Waals surface area contributed by atoms with Gasteiger partial charge in [-0.25, -0.2) is 9.40 Å². The van der Waals surface area contributed by atoms with E-state index in [4.69, 9.17) is 11.6 Å². The van der Waals surface area contributed by atoms with E-state index in [9.17, 15) is 14.4 Å². The van der Waals surface area contributed by atoms with E-state index in [2.05, 4.69) is 44.9 Å². The molecule has 4 aromatic rings. The van der Waals surface area contributed by atoms with Crippen molar-refractivity contribution < 1.29 is 9.50 Å². The summed E-state index contributed by atoms with van der Waals surface area (Å²) in [5.41, 5.74) is 3.86. The molecule has 0 amide bonds. The molecule has 4 N–H and O–H groups in total. The van der Waals surface area contributed by atoms with Crippen molar-refractivity contribution in [2.45, 2.75) is 20.3 Å². The average molecular weight is 566 g/mol. The molecule has 0 radical (unpaired) electrons. The Bertz CT molecular complexity index is 1500. The molecule has 1 saturated heterocycles. The highest BCUT2D eigenvalue weighted by molar-refractivity contribution is 6.33. The lowest BCUT2D eigenvalue weighted by atomic mass is 9.95. The van der Waals surface area contributed by atoms with Crippen molar-refractivity contribution in [2.75, 3.05) is 43.1 Å². The third-order valence-corrected chi connectivity index (χ3v) is 6.66. The van der Waals surface area contributed by atoms with Crippen molar-refractivity contribution in [3.63, 3.8) is 0 Å². The fourth-order valence-corrected chi connectivity index (χ4v) is 4.82. The van der Waals surface area contributed by atoms with Gasteiger partial charge in [0.2, 0.25) is 0 Å². The number of phenols is 1.